The summed E-state index contributed by atoms with van der Waals surface area (Å²) in [5, 5.41) is 6.82. The van der Waals surface area contributed by atoms with Crippen molar-refractivity contribution in [2.24, 2.45) is 4.99 Å². The maximum atomic E-state index is 5.51. The summed E-state index contributed by atoms with van der Waals surface area (Å²) in [4.78, 5) is 4.27. The molecule has 0 aliphatic heterocycles. The van der Waals surface area contributed by atoms with Crippen molar-refractivity contribution in [3.63, 3.8) is 0 Å². The van der Waals surface area contributed by atoms with Gasteiger partial charge in [-0.15, -0.1) is 0 Å². The zero-order chi connectivity index (χ0) is 13.0. The topological polar surface area (TPSA) is 49.6 Å². The second-order valence-corrected chi connectivity index (χ2v) is 4.99. The van der Waals surface area contributed by atoms with E-state index in [0.29, 0.717) is 6.04 Å². The van der Waals surface area contributed by atoms with Crippen LogP contribution in [0.1, 0.15) is 42.8 Å². The fourth-order valence-corrected chi connectivity index (χ4v) is 2.50. The Bertz CT molecular complexity index is 417. The number of aryl methyl sites for hydroxylation is 2. The molecule has 18 heavy (non-hydrogen) atoms. The molecule has 2 rings (SSSR count). The number of hydrogen-bond acceptors (Lipinski definition) is 2. The van der Waals surface area contributed by atoms with Gasteiger partial charge in [-0.3, -0.25) is 4.99 Å². The molecule has 1 aliphatic carbocycles. The Kier molecular flexibility index (Phi) is 4.28. The van der Waals surface area contributed by atoms with Gasteiger partial charge < -0.3 is 15.1 Å². The third-order valence-electron chi connectivity index (χ3n) is 3.51. The maximum Gasteiger partial charge on any atom is 0.191 e. The molecule has 1 saturated carbocycles. The molecule has 0 atom stereocenters. The predicted molar refractivity (Wildman–Crippen MR) is 73.8 cm³/mol. The van der Waals surface area contributed by atoms with E-state index in [4.69, 9.17) is 4.42 Å². The molecule has 0 radical (unpaired) electrons. The van der Waals surface area contributed by atoms with E-state index in [0.717, 1.165) is 24.0 Å². The van der Waals surface area contributed by atoms with Crippen LogP contribution in [-0.4, -0.2) is 19.0 Å². The number of furan rings is 1. The van der Waals surface area contributed by atoms with Crippen LogP contribution in [0.3, 0.4) is 0 Å². The highest BCUT2D eigenvalue weighted by Gasteiger charge is 2.16. The number of rotatable bonds is 3. The predicted octanol–water partition coefficient (Wildman–Crippen LogP) is 2.50. The van der Waals surface area contributed by atoms with Gasteiger partial charge >= 0.3 is 0 Å². The highest BCUT2D eigenvalue weighted by Crippen LogP contribution is 2.17. The summed E-state index contributed by atoms with van der Waals surface area (Å²) in [6.07, 6.45) is 5.17. The first-order valence-electron chi connectivity index (χ1n) is 6.72. The van der Waals surface area contributed by atoms with Crippen LogP contribution in [0.5, 0.6) is 0 Å². The molecule has 4 heteroatoms. The zero-order valence-electron chi connectivity index (χ0n) is 11.5. The minimum atomic E-state index is 0.586. The van der Waals surface area contributed by atoms with Gasteiger partial charge in [0, 0.05) is 25.2 Å². The van der Waals surface area contributed by atoms with Gasteiger partial charge in [0.2, 0.25) is 0 Å². The van der Waals surface area contributed by atoms with Gasteiger partial charge in [-0.2, -0.15) is 0 Å². The molecule has 0 unspecified atom stereocenters. The first-order valence-corrected chi connectivity index (χ1v) is 6.72. The number of hydrogen-bond donors (Lipinski definition) is 2. The van der Waals surface area contributed by atoms with Crippen LogP contribution in [0.4, 0.5) is 0 Å². The van der Waals surface area contributed by atoms with Crippen molar-refractivity contribution < 1.29 is 4.42 Å². The molecule has 0 amide bonds. The summed E-state index contributed by atoms with van der Waals surface area (Å²) in [7, 11) is 1.82. The molecule has 0 spiro atoms. The Morgan fingerprint density at radius 1 is 1.39 bits per heavy atom. The Morgan fingerprint density at radius 3 is 2.67 bits per heavy atom. The van der Waals surface area contributed by atoms with E-state index in [1.807, 2.05) is 20.9 Å². The lowest BCUT2D eigenvalue weighted by Gasteiger charge is -2.16. The number of nitrogens with one attached hydrogen (secondary N) is 2. The first kappa shape index (κ1) is 13.0. The molecule has 100 valence electrons. The van der Waals surface area contributed by atoms with Gasteiger partial charge in [0.15, 0.2) is 5.96 Å². The molecule has 1 aliphatic rings. The summed E-state index contributed by atoms with van der Waals surface area (Å²) in [5.41, 5.74) is 1.20. The molecule has 1 heterocycles. The Morgan fingerprint density at radius 2 is 2.11 bits per heavy atom. The van der Waals surface area contributed by atoms with Crippen molar-refractivity contribution >= 4 is 5.96 Å². The van der Waals surface area contributed by atoms with Crippen LogP contribution in [0.15, 0.2) is 15.5 Å². The molecule has 0 aromatic carbocycles. The number of aliphatic imine (C=N–C) groups is 1. The molecule has 0 bridgehead atoms. The smallest absolute Gasteiger partial charge is 0.191 e. The summed E-state index contributed by atoms with van der Waals surface area (Å²) < 4.78 is 5.51. The van der Waals surface area contributed by atoms with Crippen molar-refractivity contribution in [1.82, 2.24) is 10.6 Å². The van der Waals surface area contributed by atoms with Crippen LogP contribution in [0.2, 0.25) is 0 Å². The van der Waals surface area contributed by atoms with Crippen molar-refractivity contribution in [3.05, 3.63) is 23.2 Å². The fourth-order valence-electron chi connectivity index (χ4n) is 2.50. The summed E-state index contributed by atoms with van der Waals surface area (Å²) >= 11 is 0. The van der Waals surface area contributed by atoms with E-state index in [9.17, 15) is 0 Å². The van der Waals surface area contributed by atoms with E-state index in [2.05, 4.69) is 21.7 Å². The van der Waals surface area contributed by atoms with Crippen molar-refractivity contribution in [3.8, 4) is 0 Å². The molecule has 0 saturated heterocycles. The molecule has 1 aromatic heterocycles. The second kappa shape index (κ2) is 5.94. The summed E-state index contributed by atoms with van der Waals surface area (Å²) in [6.45, 7) is 4.73. The maximum absolute atomic E-state index is 5.51. The van der Waals surface area contributed by atoms with Crippen LogP contribution in [-0.2, 0) is 6.54 Å². The van der Waals surface area contributed by atoms with Crippen LogP contribution >= 0.6 is 0 Å². The average molecular weight is 249 g/mol. The molecule has 1 aromatic rings. The van der Waals surface area contributed by atoms with Gasteiger partial charge in [0.05, 0.1) is 0 Å². The molecule has 1 fully saturated rings. The van der Waals surface area contributed by atoms with Gasteiger partial charge in [0.25, 0.3) is 0 Å². The second-order valence-electron chi connectivity index (χ2n) is 4.99. The number of nitrogens with zero attached hydrogens (tertiary/aromatic N) is 1. The van der Waals surface area contributed by atoms with Gasteiger partial charge in [-0.1, -0.05) is 12.8 Å². The monoisotopic (exact) mass is 249 g/mol. The van der Waals surface area contributed by atoms with E-state index < -0.39 is 0 Å². The van der Waals surface area contributed by atoms with E-state index in [1.165, 1.54) is 31.2 Å². The van der Waals surface area contributed by atoms with E-state index >= 15 is 0 Å². The summed E-state index contributed by atoms with van der Waals surface area (Å²) in [5.74, 6) is 2.83. The van der Waals surface area contributed by atoms with Gasteiger partial charge in [0.1, 0.15) is 11.5 Å². The summed E-state index contributed by atoms with van der Waals surface area (Å²) in [6, 6.07) is 2.66. The van der Waals surface area contributed by atoms with Crippen LogP contribution in [0.25, 0.3) is 0 Å². The SMILES string of the molecule is CN=C(NCc1cc(C)oc1C)NC1CCCC1. The van der Waals surface area contributed by atoms with Crippen molar-refractivity contribution in [1.29, 1.82) is 0 Å². The molecular formula is C14H23N3O. The Labute approximate surface area is 109 Å². The lowest BCUT2D eigenvalue weighted by atomic mass is 10.2. The van der Waals surface area contributed by atoms with Crippen molar-refractivity contribution in [2.75, 3.05) is 7.05 Å². The molecule has 2 N–H and O–H groups in total. The quantitative estimate of drug-likeness (QED) is 0.639. The molecule has 4 nitrogen and oxygen atoms in total. The zero-order valence-corrected chi connectivity index (χ0v) is 11.5. The van der Waals surface area contributed by atoms with Crippen LogP contribution < -0.4 is 10.6 Å². The highest BCUT2D eigenvalue weighted by atomic mass is 16.3. The third-order valence-corrected chi connectivity index (χ3v) is 3.51. The standard InChI is InChI=1S/C14H23N3O/c1-10-8-12(11(2)18-10)9-16-14(15-3)17-13-6-4-5-7-13/h8,13H,4-7,9H2,1-3H3,(H2,15,16,17). The Hall–Kier alpha value is -1.45. The average Bonchev–Trinajstić information content (AvgIpc) is 2.94. The highest BCUT2D eigenvalue weighted by molar-refractivity contribution is 5.80. The van der Waals surface area contributed by atoms with Crippen LogP contribution in [0, 0.1) is 13.8 Å². The number of guanidine groups is 1. The third kappa shape index (κ3) is 3.28. The van der Waals surface area contributed by atoms with Gasteiger partial charge in [-0.05, 0) is 32.8 Å². The Balaban J connectivity index is 1.85. The lowest BCUT2D eigenvalue weighted by molar-refractivity contribution is 0.500. The van der Waals surface area contributed by atoms with E-state index in [-0.39, 0.29) is 0 Å². The minimum absolute atomic E-state index is 0.586. The largest absolute Gasteiger partial charge is 0.466 e. The normalized spacial score (nSPS) is 17.2. The lowest BCUT2D eigenvalue weighted by Crippen LogP contribution is -2.41. The minimum Gasteiger partial charge on any atom is -0.466 e. The first-order chi connectivity index (χ1) is 8.69. The fraction of sp³-hybridized carbons (Fsp3) is 0.643. The van der Waals surface area contributed by atoms with E-state index in [1.54, 1.807) is 0 Å². The molecular weight excluding hydrogens is 226 g/mol. The van der Waals surface area contributed by atoms with Crippen molar-refractivity contribution in [2.45, 2.75) is 52.1 Å². The van der Waals surface area contributed by atoms with Gasteiger partial charge in [-0.25, -0.2) is 0 Å².